The smallest absolute Gasteiger partial charge is 0.264 e. The number of rotatable bonds is 3. The van der Waals surface area contributed by atoms with Crippen LogP contribution >= 0.6 is 0 Å². The summed E-state index contributed by atoms with van der Waals surface area (Å²) in [4.78, 5) is 0. The van der Waals surface area contributed by atoms with Crippen LogP contribution in [-0.4, -0.2) is 30.4 Å². The van der Waals surface area contributed by atoms with Gasteiger partial charge in [0.05, 0.1) is 5.75 Å². The van der Waals surface area contributed by atoms with Crippen LogP contribution in [0.4, 0.5) is 0 Å². The molecular formula is C3H8AgO4S. The molecule has 0 bridgehead atoms. The third kappa shape index (κ3) is 12.0. The third-order valence-electron chi connectivity index (χ3n) is 0.560. The predicted molar refractivity (Wildman–Crippen MR) is 28.1 cm³/mol. The topological polar surface area (TPSA) is 74.6 Å². The van der Waals surface area contributed by atoms with Gasteiger partial charge in [0, 0.05) is 29.0 Å². The van der Waals surface area contributed by atoms with Gasteiger partial charge in [-0.15, -0.1) is 0 Å². The molecule has 4 nitrogen and oxygen atoms in total. The molecule has 0 amide bonds. The summed E-state index contributed by atoms with van der Waals surface area (Å²) in [5.74, 6) is -0.358. The van der Waals surface area contributed by atoms with E-state index >= 15 is 0 Å². The summed E-state index contributed by atoms with van der Waals surface area (Å²) in [5.41, 5.74) is 0. The summed E-state index contributed by atoms with van der Waals surface area (Å²) in [6.07, 6.45) is 0.0961. The van der Waals surface area contributed by atoms with Crippen molar-refractivity contribution in [2.24, 2.45) is 0 Å². The Kier molecular flexibility index (Phi) is 7.38. The number of aliphatic hydroxyl groups excluding tert-OH is 1. The SMILES string of the molecule is O=S(=O)(O)CCCO.[Ag]. The Morgan fingerprint density at radius 1 is 1.33 bits per heavy atom. The van der Waals surface area contributed by atoms with Crippen LogP contribution in [0.3, 0.4) is 0 Å². The molecule has 0 aliphatic rings. The summed E-state index contributed by atoms with van der Waals surface area (Å²) < 4.78 is 27.7. The quantitative estimate of drug-likeness (QED) is 0.509. The minimum atomic E-state index is -3.85. The molecule has 1 radical (unpaired) electrons. The molecule has 0 spiro atoms. The minimum absolute atomic E-state index is 0. The molecule has 0 rings (SSSR count). The minimum Gasteiger partial charge on any atom is -0.396 e. The van der Waals surface area contributed by atoms with Crippen LogP contribution in [0.15, 0.2) is 0 Å². The van der Waals surface area contributed by atoms with E-state index < -0.39 is 10.1 Å². The van der Waals surface area contributed by atoms with Crippen molar-refractivity contribution in [2.75, 3.05) is 12.4 Å². The fraction of sp³-hybridized carbons (Fsp3) is 1.00. The van der Waals surface area contributed by atoms with Crippen LogP contribution < -0.4 is 0 Å². The molecule has 61 valence electrons. The van der Waals surface area contributed by atoms with Gasteiger partial charge in [0.2, 0.25) is 0 Å². The van der Waals surface area contributed by atoms with Gasteiger partial charge in [-0.2, -0.15) is 8.42 Å². The predicted octanol–water partition coefficient (Wildman–Crippen LogP) is -0.746. The molecule has 0 atom stereocenters. The molecule has 0 aromatic rings. The molecule has 0 saturated heterocycles. The molecule has 0 aliphatic carbocycles. The first-order chi connectivity index (χ1) is 3.56. The Morgan fingerprint density at radius 3 is 1.89 bits per heavy atom. The molecule has 2 N–H and O–H groups in total. The van der Waals surface area contributed by atoms with Crippen molar-refractivity contribution in [3.8, 4) is 0 Å². The van der Waals surface area contributed by atoms with E-state index in [4.69, 9.17) is 9.66 Å². The van der Waals surface area contributed by atoms with Crippen molar-refractivity contribution in [1.82, 2.24) is 0 Å². The summed E-state index contributed by atoms with van der Waals surface area (Å²) in [7, 11) is -3.85. The summed E-state index contributed by atoms with van der Waals surface area (Å²) in [5, 5.41) is 8.05. The van der Waals surface area contributed by atoms with Gasteiger partial charge < -0.3 is 5.11 Å². The van der Waals surface area contributed by atoms with E-state index in [9.17, 15) is 8.42 Å². The van der Waals surface area contributed by atoms with Crippen LogP contribution in [0.5, 0.6) is 0 Å². The Bertz CT molecular complexity index is 140. The van der Waals surface area contributed by atoms with Gasteiger partial charge in [-0.05, 0) is 6.42 Å². The van der Waals surface area contributed by atoms with Gasteiger partial charge in [-0.1, -0.05) is 0 Å². The standard InChI is InChI=1S/C3H8O4S.Ag/c4-2-1-3-8(5,6)7;/h4H,1-3H2,(H,5,6,7);. The van der Waals surface area contributed by atoms with Gasteiger partial charge in [-0.25, -0.2) is 0 Å². The van der Waals surface area contributed by atoms with Gasteiger partial charge in [0.1, 0.15) is 0 Å². The molecular weight excluding hydrogens is 240 g/mol. The van der Waals surface area contributed by atoms with E-state index in [1.165, 1.54) is 0 Å². The van der Waals surface area contributed by atoms with Gasteiger partial charge in [-0.3, -0.25) is 4.55 Å². The second-order valence-corrected chi connectivity index (χ2v) is 2.94. The average Bonchev–Trinajstić information content (AvgIpc) is 1.59. The second kappa shape index (κ2) is 5.40. The Morgan fingerprint density at radius 2 is 1.78 bits per heavy atom. The Balaban J connectivity index is 0. The van der Waals surface area contributed by atoms with Crippen LogP contribution in [0, 0.1) is 0 Å². The summed E-state index contributed by atoms with van der Waals surface area (Å²) in [6, 6.07) is 0. The number of aliphatic hydroxyl groups is 1. The molecule has 0 aromatic heterocycles. The van der Waals surface area contributed by atoms with Crippen molar-refractivity contribution in [2.45, 2.75) is 6.42 Å². The Labute approximate surface area is 69.5 Å². The fourth-order valence-corrected chi connectivity index (χ4v) is 0.741. The maximum absolute atomic E-state index is 9.83. The molecule has 0 heterocycles. The monoisotopic (exact) mass is 247 g/mol. The van der Waals surface area contributed by atoms with Gasteiger partial charge in [0.25, 0.3) is 10.1 Å². The molecule has 0 saturated carbocycles. The number of hydrogen-bond donors (Lipinski definition) is 2. The van der Waals surface area contributed by atoms with Crippen molar-refractivity contribution >= 4 is 10.1 Å². The zero-order chi connectivity index (χ0) is 6.62. The zero-order valence-corrected chi connectivity index (χ0v) is 6.84. The molecule has 0 fully saturated rings. The van der Waals surface area contributed by atoms with Gasteiger partial charge in [0.15, 0.2) is 0 Å². The normalized spacial score (nSPS) is 10.4. The first kappa shape index (κ1) is 12.3. The van der Waals surface area contributed by atoms with Crippen molar-refractivity contribution < 1.29 is 40.5 Å². The van der Waals surface area contributed by atoms with E-state index in [2.05, 4.69) is 0 Å². The van der Waals surface area contributed by atoms with E-state index in [1.807, 2.05) is 0 Å². The number of hydrogen-bond acceptors (Lipinski definition) is 3. The average molecular weight is 248 g/mol. The Hall–Kier alpha value is 0.610. The zero-order valence-electron chi connectivity index (χ0n) is 4.54. The molecule has 9 heavy (non-hydrogen) atoms. The van der Waals surface area contributed by atoms with Crippen LogP contribution in [-0.2, 0) is 32.5 Å². The second-order valence-electron chi connectivity index (χ2n) is 1.36. The van der Waals surface area contributed by atoms with E-state index in [1.54, 1.807) is 0 Å². The van der Waals surface area contributed by atoms with E-state index in [0.29, 0.717) is 0 Å². The first-order valence-electron chi connectivity index (χ1n) is 2.12. The third-order valence-corrected chi connectivity index (χ3v) is 1.36. The fourth-order valence-electron chi connectivity index (χ4n) is 0.247. The van der Waals surface area contributed by atoms with Crippen molar-refractivity contribution in [3.05, 3.63) is 0 Å². The van der Waals surface area contributed by atoms with E-state index in [-0.39, 0.29) is 41.2 Å². The summed E-state index contributed by atoms with van der Waals surface area (Å²) >= 11 is 0. The maximum atomic E-state index is 9.83. The first-order valence-corrected chi connectivity index (χ1v) is 3.73. The van der Waals surface area contributed by atoms with Gasteiger partial charge >= 0.3 is 0 Å². The molecule has 6 heteroatoms. The van der Waals surface area contributed by atoms with Crippen LogP contribution in [0.1, 0.15) is 6.42 Å². The largest absolute Gasteiger partial charge is 0.396 e. The van der Waals surface area contributed by atoms with Crippen LogP contribution in [0.25, 0.3) is 0 Å². The molecule has 0 aromatic carbocycles. The van der Waals surface area contributed by atoms with Crippen LogP contribution in [0.2, 0.25) is 0 Å². The molecule has 0 aliphatic heterocycles. The van der Waals surface area contributed by atoms with E-state index in [0.717, 1.165) is 0 Å². The van der Waals surface area contributed by atoms with Crippen molar-refractivity contribution in [1.29, 1.82) is 0 Å². The van der Waals surface area contributed by atoms with Crippen molar-refractivity contribution in [3.63, 3.8) is 0 Å². The maximum Gasteiger partial charge on any atom is 0.264 e. The molecule has 0 unspecified atom stereocenters. The summed E-state index contributed by atoms with van der Waals surface area (Å²) in [6.45, 7) is -0.209.